The molecule has 0 radical (unpaired) electrons. The highest BCUT2D eigenvalue weighted by atomic mass is 16.3. The zero-order valence-electron chi connectivity index (χ0n) is 10.2. The highest BCUT2D eigenvalue weighted by Gasteiger charge is 2.27. The van der Waals surface area contributed by atoms with Crippen molar-refractivity contribution < 1.29 is 9.90 Å². The molecule has 0 aliphatic rings. The number of nitrogens with zero attached hydrogens (tertiary/aromatic N) is 1. The summed E-state index contributed by atoms with van der Waals surface area (Å²) >= 11 is 0. The molecule has 1 atom stereocenters. The summed E-state index contributed by atoms with van der Waals surface area (Å²) in [5.74, 6) is -0.435. The van der Waals surface area contributed by atoms with Crippen LogP contribution in [-0.4, -0.2) is 16.6 Å². The molecule has 0 unspecified atom stereocenters. The van der Waals surface area contributed by atoms with Gasteiger partial charge in [-0.25, -0.2) is 4.85 Å². The molecular formula is C14H20N2O2. The Kier molecular flexibility index (Phi) is 5.54. The molecule has 0 aliphatic heterocycles. The molecule has 0 spiro atoms. The predicted molar refractivity (Wildman–Crippen MR) is 73.7 cm³/mol. The van der Waals surface area contributed by atoms with Crippen LogP contribution >= 0.6 is 0 Å². The summed E-state index contributed by atoms with van der Waals surface area (Å²) in [6.45, 7) is 11.9. The van der Waals surface area contributed by atoms with Crippen LogP contribution in [0.3, 0.4) is 0 Å². The number of benzene rings is 1. The monoisotopic (exact) mass is 248 g/mol. The number of aryl methyl sites for hydroxylation is 1. The van der Waals surface area contributed by atoms with Gasteiger partial charge < -0.3 is 10.4 Å². The van der Waals surface area contributed by atoms with Crippen LogP contribution in [0.25, 0.3) is 4.85 Å². The number of carbonyl (C=O) groups excluding carboxylic acids is 1. The molecule has 18 heavy (non-hydrogen) atoms. The lowest BCUT2D eigenvalue weighted by Crippen LogP contribution is -2.39. The van der Waals surface area contributed by atoms with Crippen molar-refractivity contribution in [2.75, 3.05) is 5.32 Å². The first-order chi connectivity index (χ1) is 7.90. The number of aliphatic hydroxyl groups is 1. The molecule has 2 N–H and O–H groups in total. The summed E-state index contributed by atoms with van der Waals surface area (Å²) in [5, 5.41) is 12.4. The van der Waals surface area contributed by atoms with E-state index in [2.05, 4.69) is 10.2 Å². The van der Waals surface area contributed by atoms with E-state index in [1.807, 2.05) is 0 Å². The Hall–Kier alpha value is -1.86. The average molecular weight is 248 g/mol. The Morgan fingerprint density at radius 2 is 2.17 bits per heavy atom. The van der Waals surface area contributed by atoms with Gasteiger partial charge in [-0.3, -0.25) is 4.79 Å². The van der Waals surface area contributed by atoms with E-state index in [1.165, 1.54) is 6.92 Å². The minimum Gasteiger partial charge on any atom is -0.380 e. The lowest BCUT2D eigenvalue weighted by Gasteiger charge is -2.20. The van der Waals surface area contributed by atoms with Crippen LogP contribution in [0.5, 0.6) is 0 Å². The van der Waals surface area contributed by atoms with E-state index in [-0.39, 0.29) is 7.43 Å². The van der Waals surface area contributed by atoms with Crippen molar-refractivity contribution in [3.63, 3.8) is 0 Å². The first-order valence-electron chi connectivity index (χ1n) is 5.42. The van der Waals surface area contributed by atoms with Crippen molar-refractivity contribution >= 4 is 17.3 Å². The second-order valence-electron chi connectivity index (χ2n) is 4.19. The van der Waals surface area contributed by atoms with Gasteiger partial charge in [0.05, 0.1) is 6.57 Å². The summed E-state index contributed by atoms with van der Waals surface area (Å²) in [6.07, 6.45) is 0.345. The van der Waals surface area contributed by atoms with Crippen LogP contribution in [0.1, 0.15) is 33.3 Å². The highest BCUT2D eigenvalue weighted by Crippen LogP contribution is 2.23. The van der Waals surface area contributed by atoms with Gasteiger partial charge >= 0.3 is 0 Å². The fourth-order valence-electron chi connectivity index (χ4n) is 1.28. The third-order valence-corrected chi connectivity index (χ3v) is 2.75. The van der Waals surface area contributed by atoms with E-state index < -0.39 is 11.5 Å². The van der Waals surface area contributed by atoms with Crippen LogP contribution in [0, 0.1) is 13.5 Å². The number of anilines is 1. The molecule has 1 aromatic carbocycles. The van der Waals surface area contributed by atoms with Gasteiger partial charge in [0.25, 0.3) is 5.91 Å². The second-order valence-corrected chi connectivity index (χ2v) is 4.19. The lowest BCUT2D eigenvalue weighted by atomic mass is 10.0. The van der Waals surface area contributed by atoms with Gasteiger partial charge in [-0.15, -0.1) is 0 Å². The lowest BCUT2D eigenvalue weighted by molar-refractivity contribution is -0.132. The Labute approximate surface area is 108 Å². The Bertz CT molecular complexity index is 473. The van der Waals surface area contributed by atoms with E-state index in [9.17, 15) is 9.90 Å². The minimum atomic E-state index is -1.37. The van der Waals surface area contributed by atoms with Crippen molar-refractivity contribution in [2.45, 2.75) is 40.2 Å². The third-order valence-electron chi connectivity index (χ3n) is 2.75. The maximum atomic E-state index is 11.7. The van der Waals surface area contributed by atoms with Crippen molar-refractivity contribution in [3.05, 3.63) is 35.2 Å². The molecule has 98 valence electrons. The Balaban J connectivity index is 0.00000289. The summed E-state index contributed by atoms with van der Waals surface area (Å²) in [4.78, 5) is 15.1. The van der Waals surface area contributed by atoms with Gasteiger partial charge in [0.15, 0.2) is 5.69 Å². The van der Waals surface area contributed by atoms with Crippen LogP contribution in [0.4, 0.5) is 11.4 Å². The molecule has 1 amide bonds. The summed E-state index contributed by atoms with van der Waals surface area (Å²) in [5.41, 5.74) is 0.583. The largest absolute Gasteiger partial charge is 0.380 e. The average Bonchev–Trinajstić information content (AvgIpc) is 2.29. The first-order valence-corrected chi connectivity index (χ1v) is 5.42. The fraction of sp³-hybridized carbons (Fsp3) is 0.429. The van der Waals surface area contributed by atoms with Gasteiger partial charge in [0, 0.05) is 5.69 Å². The molecular weight excluding hydrogens is 228 g/mol. The molecule has 4 heteroatoms. The second kappa shape index (κ2) is 6.18. The van der Waals surface area contributed by atoms with E-state index >= 15 is 0 Å². The quantitative estimate of drug-likeness (QED) is 0.806. The van der Waals surface area contributed by atoms with Crippen molar-refractivity contribution in [3.8, 4) is 0 Å². The maximum Gasteiger partial charge on any atom is 0.256 e. The molecule has 4 nitrogen and oxygen atoms in total. The van der Waals surface area contributed by atoms with Crippen LogP contribution < -0.4 is 5.32 Å². The van der Waals surface area contributed by atoms with E-state index in [4.69, 9.17) is 6.57 Å². The Morgan fingerprint density at radius 1 is 1.56 bits per heavy atom. The van der Waals surface area contributed by atoms with E-state index in [0.29, 0.717) is 17.8 Å². The standard InChI is InChI=1S/C13H16N2O2.CH4/c1-5-13(3,17)12(16)15-10-6-7-11(14-4)9(2)8-10;/h6-8,17H,5H2,1-3H3,(H,15,16);1H4/t13-;/m0./s1. The predicted octanol–water partition coefficient (Wildman–Crippen LogP) is 3.28. The number of carbonyl (C=O) groups is 1. The summed E-state index contributed by atoms with van der Waals surface area (Å²) in [7, 11) is 0. The zero-order valence-corrected chi connectivity index (χ0v) is 10.2. The highest BCUT2D eigenvalue weighted by molar-refractivity contribution is 5.97. The van der Waals surface area contributed by atoms with Crippen molar-refractivity contribution in [1.29, 1.82) is 0 Å². The van der Waals surface area contributed by atoms with Crippen LogP contribution in [-0.2, 0) is 4.79 Å². The molecule has 0 fully saturated rings. The van der Waals surface area contributed by atoms with Crippen molar-refractivity contribution in [2.24, 2.45) is 0 Å². The number of nitrogens with one attached hydrogen (secondary N) is 1. The summed E-state index contributed by atoms with van der Waals surface area (Å²) < 4.78 is 0. The molecule has 0 saturated heterocycles. The van der Waals surface area contributed by atoms with Gasteiger partial charge in [0.1, 0.15) is 5.60 Å². The maximum absolute atomic E-state index is 11.7. The minimum absolute atomic E-state index is 0. The van der Waals surface area contributed by atoms with E-state index in [0.717, 1.165) is 5.56 Å². The third kappa shape index (κ3) is 3.57. The number of rotatable bonds is 3. The van der Waals surface area contributed by atoms with Gasteiger partial charge in [-0.1, -0.05) is 20.4 Å². The molecule has 0 saturated carbocycles. The SMILES string of the molecule is C.[C-]#[N+]c1ccc(NC(=O)[C@@](C)(O)CC)cc1C. The van der Waals surface area contributed by atoms with Gasteiger partial charge in [0.2, 0.25) is 0 Å². The van der Waals surface area contributed by atoms with Gasteiger partial charge in [-0.05, 0) is 38.0 Å². The Morgan fingerprint density at radius 3 is 2.61 bits per heavy atom. The first kappa shape index (κ1) is 16.1. The number of hydrogen-bond acceptors (Lipinski definition) is 2. The number of amides is 1. The van der Waals surface area contributed by atoms with E-state index in [1.54, 1.807) is 32.0 Å². The smallest absolute Gasteiger partial charge is 0.256 e. The molecule has 1 rings (SSSR count). The number of hydrogen-bond donors (Lipinski definition) is 2. The molecule has 0 heterocycles. The van der Waals surface area contributed by atoms with Crippen molar-refractivity contribution in [1.82, 2.24) is 0 Å². The normalized spacial score (nSPS) is 12.8. The zero-order chi connectivity index (χ0) is 13.1. The molecule has 0 aromatic heterocycles. The summed E-state index contributed by atoms with van der Waals surface area (Å²) in [6, 6.07) is 5.03. The van der Waals surface area contributed by atoms with Crippen LogP contribution in [0.2, 0.25) is 0 Å². The van der Waals surface area contributed by atoms with Crippen LogP contribution in [0.15, 0.2) is 18.2 Å². The molecule has 0 bridgehead atoms. The molecule has 1 aromatic rings. The molecule has 0 aliphatic carbocycles. The fourth-order valence-corrected chi connectivity index (χ4v) is 1.28. The topological polar surface area (TPSA) is 53.7 Å². The van der Waals surface area contributed by atoms with Gasteiger partial charge in [-0.2, -0.15) is 0 Å².